The molecule has 2 unspecified atom stereocenters. The van der Waals surface area contributed by atoms with Crippen LogP contribution in [0.25, 0.3) is 0 Å². The molecular formula is C25H36N4O6. The van der Waals surface area contributed by atoms with E-state index in [1.54, 1.807) is 17.0 Å². The maximum Gasteiger partial charge on any atom is 0.328 e. The number of amides is 3. The van der Waals surface area contributed by atoms with Crippen molar-refractivity contribution in [1.29, 1.82) is 0 Å². The first kappa shape index (κ1) is 26.5. The van der Waals surface area contributed by atoms with Gasteiger partial charge in [0.25, 0.3) is 5.91 Å². The Morgan fingerprint density at radius 2 is 1.86 bits per heavy atom. The van der Waals surface area contributed by atoms with Crippen LogP contribution in [-0.4, -0.2) is 79.6 Å². The Hall–Kier alpha value is -3.14. The second kappa shape index (κ2) is 13.1. The third-order valence-electron chi connectivity index (χ3n) is 6.81. The first-order chi connectivity index (χ1) is 16.9. The van der Waals surface area contributed by atoms with E-state index in [0.717, 1.165) is 38.8 Å². The molecule has 0 radical (unpaired) electrons. The van der Waals surface area contributed by atoms with Crippen molar-refractivity contribution in [3.05, 3.63) is 29.8 Å². The molecule has 2 aliphatic rings. The number of nitrogens with one attached hydrogen (secondary N) is 3. The number of carbonyl (C=O) groups excluding carboxylic acids is 3. The van der Waals surface area contributed by atoms with Crippen LogP contribution in [0.2, 0.25) is 0 Å². The number of methoxy groups -OCH3 is 1. The van der Waals surface area contributed by atoms with E-state index < -0.39 is 23.8 Å². The van der Waals surface area contributed by atoms with Crippen LogP contribution >= 0.6 is 0 Å². The summed E-state index contributed by atoms with van der Waals surface area (Å²) in [6.07, 6.45) is 4.93. The SMILES string of the molecule is COc1ccc(C(=O)NC(CNC(=O)C2CCCN(C(=O)CCC3CCNCC3)C2)C(=O)O)cc1. The predicted molar refractivity (Wildman–Crippen MR) is 129 cm³/mol. The highest BCUT2D eigenvalue weighted by Gasteiger charge is 2.30. The van der Waals surface area contributed by atoms with Crippen molar-refractivity contribution in [1.82, 2.24) is 20.9 Å². The molecule has 0 aliphatic carbocycles. The summed E-state index contributed by atoms with van der Waals surface area (Å²) in [7, 11) is 1.51. The highest BCUT2D eigenvalue weighted by molar-refractivity contribution is 5.96. The summed E-state index contributed by atoms with van der Waals surface area (Å²) in [5.74, 6) is -1.26. The summed E-state index contributed by atoms with van der Waals surface area (Å²) in [4.78, 5) is 51.3. The van der Waals surface area contributed by atoms with Gasteiger partial charge >= 0.3 is 5.97 Å². The van der Waals surface area contributed by atoms with Gasteiger partial charge in [-0.15, -0.1) is 0 Å². The van der Waals surface area contributed by atoms with Gasteiger partial charge in [-0.2, -0.15) is 0 Å². The molecule has 10 nitrogen and oxygen atoms in total. The Balaban J connectivity index is 1.46. The minimum absolute atomic E-state index is 0.0798. The first-order valence-corrected chi connectivity index (χ1v) is 12.3. The molecule has 3 rings (SSSR count). The van der Waals surface area contributed by atoms with Crippen LogP contribution in [0, 0.1) is 11.8 Å². The van der Waals surface area contributed by atoms with E-state index in [1.165, 1.54) is 19.2 Å². The molecule has 4 N–H and O–H groups in total. The minimum atomic E-state index is -1.28. The minimum Gasteiger partial charge on any atom is -0.497 e. The van der Waals surface area contributed by atoms with Crippen molar-refractivity contribution in [2.75, 3.05) is 39.8 Å². The van der Waals surface area contributed by atoms with E-state index in [-0.39, 0.29) is 23.9 Å². The van der Waals surface area contributed by atoms with Gasteiger partial charge in [-0.25, -0.2) is 4.79 Å². The smallest absolute Gasteiger partial charge is 0.328 e. The number of hydrogen-bond acceptors (Lipinski definition) is 6. The molecule has 2 fully saturated rings. The number of piperidine rings is 2. The van der Waals surface area contributed by atoms with Crippen LogP contribution in [0.3, 0.4) is 0 Å². The van der Waals surface area contributed by atoms with E-state index in [0.29, 0.717) is 37.6 Å². The summed E-state index contributed by atoms with van der Waals surface area (Å²) in [5.41, 5.74) is 0.286. The lowest BCUT2D eigenvalue weighted by Gasteiger charge is -2.33. The molecule has 35 heavy (non-hydrogen) atoms. The Morgan fingerprint density at radius 3 is 2.51 bits per heavy atom. The number of carbonyl (C=O) groups is 4. The van der Waals surface area contributed by atoms with E-state index in [9.17, 15) is 24.3 Å². The quantitative estimate of drug-likeness (QED) is 0.386. The van der Waals surface area contributed by atoms with Gasteiger partial charge in [0.05, 0.1) is 13.0 Å². The van der Waals surface area contributed by atoms with Gasteiger partial charge in [0.15, 0.2) is 0 Å². The Labute approximate surface area is 205 Å². The largest absolute Gasteiger partial charge is 0.497 e. The standard InChI is InChI=1S/C25H36N4O6/c1-35-20-7-5-18(6-8-20)24(32)28-21(25(33)34)15-27-23(31)19-3-2-14-29(16-19)22(30)9-4-17-10-12-26-13-11-17/h5-8,17,19,21,26H,2-4,9-16H2,1H3,(H,27,31)(H,28,32)(H,33,34). The number of likely N-dealkylation sites (tertiary alicyclic amines) is 1. The summed E-state index contributed by atoms with van der Waals surface area (Å²) in [6, 6.07) is 5.00. The topological polar surface area (TPSA) is 137 Å². The third-order valence-corrected chi connectivity index (χ3v) is 6.81. The zero-order valence-electron chi connectivity index (χ0n) is 20.3. The molecule has 0 saturated carbocycles. The molecule has 10 heteroatoms. The predicted octanol–water partition coefficient (Wildman–Crippen LogP) is 1.01. The van der Waals surface area contributed by atoms with E-state index in [1.807, 2.05) is 0 Å². The van der Waals surface area contributed by atoms with Crippen LogP contribution < -0.4 is 20.7 Å². The zero-order valence-corrected chi connectivity index (χ0v) is 20.3. The highest BCUT2D eigenvalue weighted by Crippen LogP contribution is 2.21. The maximum absolute atomic E-state index is 12.7. The van der Waals surface area contributed by atoms with Gasteiger partial charge in [0.1, 0.15) is 11.8 Å². The van der Waals surface area contributed by atoms with Gasteiger partial charge in [0, 0.05) is 31.6 Å². The van der Waals surface area contributed by atoms with Crippen LogP contribution in [-0.2, 0) is 14.4 Å². The van der Waals surface area contributed by atoms with Crippen LogP contribution in [0.4, 0.5) is 0 Å². The molecule has 2 heterocycles. The van der Waals surface area contributed by atoms with Gasteiger partial charge in [0.2, 0.25) is 11.8 Å². The molecule has 192 valence electrons. The van der Waals surface area contributed by atoms with Crippen LogP contribution in [0.5, 0.6) is 5.75 Å². The van der Waals surface area contributed by atoms with Gasteiger partial charge in [-0.3, -0.25) is 14.4 Å². The fourth-order valence-electron chi connectivity index (χ4n) is 4.60. The fraction of sp³-hybridized carbons (Fsp3) is 0.600. The molecule has 2 saturated heterocycles. The molecule has 0 spiro atoms. The second-order valence-electron chi connectivity index (χ2n) is 9.25. The molecule has 0 bridgehead atoms. The summed E-state index contributed by atoms with van der Waals surface area (Å²) in [6.45, 7) is 2.75. The number of aliphatic carboxylic acids is 1. The molecule has 1 aromatic carbocycles. The van der Waals surface area contributed by atoms with Crippen molar-refractivity contribution >= 4 is 23.7 Å². The normalized spacial score (nSPS) is 19.5. The number of nitrogens with zero attached hydrogens (tertiary/aromatic N) is 1. The van der Waals surface area contributed by atoms with Crippen molar-refractivity contribution in [2.24, 2.45) is 11.8 Å². The highest BCUT2D eigenvalue weighted by atomic mass is 16.5. The average Bonchev–Trinajstić information content (AvgIpc) is 2.89. The number of benzene rings is 1. The lowest BCUT2D eigenvalue weighted by Crippen LogP contribution is -2.51. The van der Waals surface area contributed by atoms with Gasteiger partial charge in [-0.05, 0) is 75.4 Å². The Kier molecular flexibility index (Phi) is 9.89. The summed E-state index contributed by atoms with van der Waals surface area (Å²) < 4.78 is 5.05. The number of rotatable bonds is 10. The molecule has 2 aliphatic heterocycles. The van der Waals surface area contributed by atoms with Crippen molar-refractivity contribution in [3.63, 3.8) is 0 Å². The van der Waals surface area contributed by atoms with Crippen molar-refractivity contribution in [3.8, 4) is 5.75 Å². The lowest BCUT2D eigenvalue weighted by atomic mass is 9.92. The molecule has 1 aromatic rings. The van der Waals surface area contributed by atoms with E-state index >= 15 is 0 Å². The monoisotopic (exact) mass is 488 g/mol. The van der Waals surface area contributed by atoms with E-state index in [4.69, 9.17) is 4.74 Å². The third kappa shape index (κ3) is 7.95. The fourth-order valence-corrected chi connectivity index (χ4v) is 4.60. The average molecular weight is 489 g/mol. The lowest BCUT2D eigenvalue weighted by molar-refractivity contribution is -0.139. The van der Waals surface area contributed by atoms with E-state index in [2.05, 4.69) is 16.0 Å². The summed E-state index contributed by atoms with van der Waals surface area (Å²) >= 11 is 0. The van der Waals surface area contributed by atoms with Crippen LogP contribution in [0.15, 0.2) is 24.3 Å². The van der Waals surface area contributed by atoms with Gasteiger partial charge < -0.3 is 30.7 Å². The van der Waals surface area contributed by atoms with Crippen LogP contribution in [0.1, 0.15) is 48.9 Å². The first-order valence-electron chi connectivity index (χ1n) is 12.3. The Bertz CT molecular complexity index is 884. The van der Waals surface area contributed by atoms with Gasteiger partial charge in [-0.1, -0.05) is 0 Å². The Morgan fingerprint density at radius 1 is 1.14 bits per heavy atom. The summed E-state index contributed by atoms with van der Waals surface area (Å²) in [5, 5.41) is 17.9. The molecule has 3 amide bonds. The second-order valence-corrected chi connectivity index (χ2v) is 9.25. The van der Waals surface area contributed by atoms with Crippen molar-refractivity contribution in [2.45, 2.75) is 44.6 Å². The zero-order chi connectivity index (χ0) is 25.2. The molecular weight excluding hydrogens is 452 g/mol. The number of carboxylic acids is 1. The maximum atomic E-state index is 12.7. The number of ether oxygens (including phenoxy) is 1. The number of hydrogen-bond donors (Lipinski definition) is 4. The molecule has 0 aromatic heterocycles. The number of carboxylic acid groups (broad SMARTS) is 1. The molecule has 2 atom stereocenters. The van der Waals surface area contributed by atoms with Crippen molar-refractivity contribution < 1.29 is 29.0 Å².